The van der Waals surface area contributed by atoms with Crippen LogP contribution in [0.25, 0.3) is 0 Å². The molecule has 0 spiro atoms. The molecule has 2 aliphatic rings. The maximum Gasteiger partial charge on any atom is 0.00503 e. The van der Waals surface area contributed by atoms with E-state index in [-0.39, 0.29) is 0 Å². The summed E-state index contributed by atoms with van der Waals surface area (Å²) in [5, 5.41) is 0. The van der Waals surface area contributed by atoms with Crippen LogP contribution in [0.3, 0.4) is 0 Å². The van der Waals surface area contributed by atoms with Gasteiger partial charge in [-0.1, -0.05) is 37.1 Å². The molecule has 3 rings (SSSR count). The van der Waals surface area contributed by atoms with Gasteiger partial charge in [-0.3, -0.25) is 0 Å². The lowest BCUT2D eigenvalue weighted by Crippen LogP contribution is -2.42. The first-order chi connectivity index (χ1) is 9.31. The Morgan fingerprint density at radius 1 is 1.00 bits per heavy atom. The van der Waals surface area contributed by atoms with E-state index in [1.807, 2.05) is 0 Å². The molecule has 1 aliphatic carbocycles. The van der Waals surface area contributed by atoms with E-state index in [4.69, 9.17) is 5.73 Å². The molecule has 2 heteroatoms. The molecule has 0 atom stereocenters. The number of hydrogen-bond acceptors (Lipinski definition) is 2. The molecule has 1 heterocycles. The van der Waals surface area contributed by atoms with Crippen LogP contribution in [-0.2, 0) is 12.8 Å². The van der Waals surface area contributed by atoms with Crippen molar-refractivity contribution in [2.75, 3.05) is 26.2 Å². The number of nitrogens with two attached hydrogens (primary N) is 1. The second-order valence-electron chi connectivity index (χ2n) is 6.46. The number of fused-ring (bicyclic) bond motifs is 1. The lowest BCUT2D eigenvalue weighted by molar-refractivity contribution is 0.163. The molecule has 0 aromatic heterocycles. The summed E-state index contributed by atoms with van der Waals surface area (Å²) in [6.45, 7) is 4.51. The van der Waals surface area contributed by atoms with Crippen LogP contribution < -0.4 is 5.73 Å². The normalized spacial score (nSPS) is 23.0. The second-order valence-corrected chi connectivity index (χ2v) is 6.46. The van der Waals surface area contributed by atoms with Crippen molar-refractivity contribution in [2.24, 2.45) is 11.1 Å². The molecule has 19 heavy (non-hydrogen) atoms. The van der Waals surface area contributed by atoms with Crippen LogP contribution >= 0.6 is 0 Å². The van der Waals surface area contributed by atoms with E-state index in [0.717, 1.165) is 6.54 Å². The van der Waals surface area contributed by atoms with Crippen molar-refractivity contribution < 1.29 is 0 Å². The van der Waals surface area contributed by atoms with Gasteiger partial charge >= 0.3 is 0 Å². The summed E-state index contributed by atoms with van der Waals surface area (Å²) in [5.74, 6) is 0. The van der Waals surface area contributed by atoms with Gasteiger partial charge in [0.1, 0.15) is 0 Å². The zero-order valence-electron chi connectivity index (χ0n) is 11.9. The Morgan fingerprint density at radius 2 is 1.58 bits per heavy atom. The average molecular weight is 258 g/mol. The van der Waals surface area contributed by atoms with E-state index in [0.29, 0.717) is 5.41 Å². The third-order valence-electron chi connectivity index (χ3n) is 5.17. The highest BCUT2D eigenvalue weighted by molar-refractivity contribution is 5.28. The number of benzene rings is 1. The zero-order chi connectivity index (χ0) is 13.1. The van der Waals surface area contributed by atoms with Crippen LogP contribution in [0.15, 0.2) is 24.3 Å². The Balaban J connectivity index is 1.65. The van der Waals surface area contributed by atoms with Gasteiger partial charge in [0.25, 0.3) is 0 Å². The molecule has 0 radical (unpaired) electrons. The fraction of sp³-hybridized carbons (Fsp3) is 0.647. The molecule has 1 aliphatic heterocycles. The Labute approximate surface area is 117 Å². The average Bonchev–Trinajstić information content (AvgIpc) is 2.82. The Bertz CT molecular complexity index is 394. The van der Waals surface area contributed by atoms with Crippen molar-refractivity contribution >= 4 is 0 Å². The van der Waals surface area contributed by atoms with Crippen molar-refractivity contribution in [3.8, 4) is 0 Å². The van der Waals surface area contributed by atoms with Crippen LogP contribution in [0.2, 0.25) is 0 Å². The molecule has 2 nitrogen and oxygen atoms in total. The van der Waals surface area contributed by atoms with E-state index >= 15 is 0 Å². The van der Waals surface area contributed by atoms with E-state index in [1.54, 1.807) is 11.1 Å². The molecule has 104 valence electrons. The predicted molar refractivity (Wildman–Crippen MR) is 80.2 cm³/mol. The van der Waals surface area contributed by atoms with Crippen LogP contribution in [0.5, 0.6) is 0 Å². The molecule has 1 aromatic rings. The Kier molecular flexibility index (Phi) is 3.90. The van der Waals surface area contributed by atoms with Gasteiger partial charge in [0.2, 0.25) is 0 Å². The van der Waals surface area contributed by atoms with Crippen molar-refractivity contribution in [3.05, 3.63) is 35.4 Å². The summed E-state index contributed by atoms with van der Waals surface area (Å²) in [7, 11) is 0. The van der Waals surface area contributed by atoms with Gasteiger partial charge in [0.15, 0.2) is 0 Å². The maximum absolute atomic E-state index is 6.08. The van der Waals surface area contributed by atoms with Gasteiger partial charge < -0.3 is 10.6 Å². The smallest absolute Gasteiger partial charge is 0.00503 e. The van der Waals surface area contributed by atoms with Crippen molar-refractivity contribution in [3.63, 3.8) is 0 Å². The van der Waals surface area contributed by atoms with Crippen LogP contribution in [0.4, 0.5) is 0 Å². The highest BCUT2D eigenvalue weighted by atomic mass is 15.1. The van der Waals surface area contributed by atoms with E-state index in [9.17, 15) is 0 Å². The lowest BCUT2D eigenvalue weighted by atomic mass is 9.85. The van der Waals surface area contributed by atoms with E-state index in [1.165, 1.54) is 58.2 Å². The minimum Gasteiger partial charge on any atom is -0.330 e. The van der Waals surface area contributed by atoms with Crippen molar-refractivity contribution in [1.82, 2.24) is 4.90 Å². The number of rotatable bonds is 3. The lowest BCUT2D eigenvalue weighted by Gasteiger charge is -2.34. The van der Waals surface area contributed by atoms with Gasteiger partial charge in [0, 0.05) is 19.6 Å². The first kappa shape index (κ1) is 13.1. The van der Waals surface area contributed by atoms with Gasteiger partial charge in [0.05, 0.1) is 0 Å². The molecule has 0 saturated heterocycles. The fourth-order valence-electron chi connectivity index (χ4n) is 3.90. The molecule has 0 bridgehead atoms. The molecule has 1 aromatic carbocycles. The van der Waals surface area contributed by atoms with E-state index in [2.05, 4.69) is 29.2 Å². The van der Waals surface area contributed by atoms with Gasteiger partial charge in [-0.25, -0.2) is 0 Å². The van der Waals surface area contributed by atoms with Crippen LogP contribution in [-0.4, -0.2) is 31.1 Å². The maximum atomic E-state index is 6.08. The third-order valence-corrected chi connectivity index (χ3v) is 5.17. The molecule has 1 saturated carbocycles. The van der Waals surface area contributed by atoms with Crippen molar-refractivity contribution in [1.29, 1.82) is 0 Å². The highest BCUT2D eigenvalue weighted by Crippen LogP contribution is 2.38. The quantitative estimate of drug-likeness (QED) is 0.903. The Hall–Kier alpha value is -0.860. The van der Waals surface area contributed by atoms with Crippen LogP contribution in [0.1, 0.15) is 36.8 Å². The largest absolute Gasteiger partial charge is 0.330 e. The van der Waals surface area contributed by atoms with Gasteiger partial charge in [-0.2, -0.15) is 0 Å². The van der Waals surface area contributed by atoms with Gasteiger partial charge in [-0.05, 0) is 48.8 Å². The number of hydrogen-bond donors (Lipinski definition) is 1. The van der Waals surface area contributed by atoms with Crippen LogP contribution in [0, 0.1) is 5.41 Å². The molecule has 0 amide bonds. The SMILES string of the molecule is NCC1(CN2CCc3ccccc3CC2)CCCC1. The monoisotopic (exact) mass is 258 g/mol. The second kappa shape index (κ2) is 5.64. The van der Waals surface area contributed by atoms with Crippen molar-refractivity contribution in [2.45, 2.75) is 38.5 Å². The standard InChI is InChI=1S/C17H26N2/c18-13-17(9-3-4-10-17)14-19-11-7-15-5-1-2-6-16(15)8-12-19/h1-2,5-6H,3-4,7-14,18H2. The first-order valence-electron chi connectivity index (χ1n) is 7.81. The highest BCUT2D eigenvalue weighted by Gasteiger charge is 2.34. The summed E-state index contributed by atoms with van der Waals surface area (Å²) in [5.41, 5.74) is 9.62. The summed E-state index contributed by atoms with van der Waals surface area (Å²) in [6, 6.07) is 8.94. The first-order valence-corrected chi connectivity index (χ1v) is 7.81. The molecule has 2 N–H and O–H groups in total. The molecule has 1 fully saturated rings. The minimum atomic E-state index is 0.427. The zero-order valence-corrected chi connectivity index (χ0v) is 11.9. The summed E-state index contributed by atoms with van der Waals surface area (Å²) >= 11 is 0. The van der Waals surface area contributed by atoms with Gasteiger partial charge in [-0.15, -0.1) is 0 Å². The summed E-state index contributed by atoms with van der Waals surface area (Å²) < 4.78 is 0. The Morgan fingerprint density at radius 3 is 2.11 bits per heavy atom. The predicted octanol–water partition coefficient (Wildman–Crippen LogP) is 2.61. The number of nitrogens with zero attached hydrogens (tertiary/aromatic N) is 1. The fourth-order valence-corrected chi connectivity index (χ4v) is 3.90. The molecular weight excluding hydrogens is 232 g/mol. The molecule has 0 unspecified atom stereocenters. The third kappa shape index (κ3) is 2.85. The summed E-state index contributed by atoms with van der Waals surface area (Å²) in [6.07, 6.45) is 7.85. The minimum absolute atomic E-state index is 0.427. The molecular formula is C17H26N2. The summed E-state index contributed by atoms with van der Waals surface area (Å²) in [4.78, 5) is 2.66. The topological polar surface area (TPSA) is 29.3 Å². The van der Waals surface area contributed by atoms with E-state index < -0.39 is 0 Å².